The maximum Gasteiger partial charge on any atom is 0.321 e. The molecule has 0 aromatic heterocycles. The lowest BCUT2D eigenvalue weighted by Gasteiger charge is -2.35. The summed E-state index contributed by atoms with van der Waals surface area (Å²) >= 11 is 0. The maximum absolute atomic E-state index is 14.4. The minimum absolute atomic E-state index is 0.0843. The van der Waals surface area contributed by atoms with Crippen molar-refractivity contribution >= 4 is 33.3 Å². The minimum atomic E-state index is -3.95. The van der Waals surface area contributed by atoms with E-state index in [0.717, 1.165) is 18.4 Å². The number of ether oxygens (including phenoxy) is 2. The first-order valence-corrected chi connectivity index (χ1v) is 18.0. The summed E-state index contributed by atoms with van der Waals surface area (Å²) in [4.78, 5) is 30.5. The van der Waals surface area contributed by atoms with Crippen LogP contribution in [0.5, 0.6) is 5.75 Å². The summed E-state index contributed by atoms with van der Waals surface area (Å²) in [6.45, 7) is 7.87. The zero-order valence-electron chi connectivity index (χ0n) is 28.7. The number of amides is 3. The van der Waals surface area contributed by atoms with Crippen molar-refractivity contribution in [2.75, 3.05) is 43.4 Å². The summed E-state index contributed by atoms with van der Waals surface area (Å²) in [6.07, 6.45) is 1.47. The monoisotopic (exact) mass is 698 g/mol. The third-order valence-corrected chi connectivity index (χ3v) is 9.93. The van der Waals surface area contributed by atoms with Gasteiger partial charge in [0.2, 0.25) is 0 Å². The molecule has 266 valence electrons. The number of sulfonamides is 1. The van der Waals surface area contributed by atoms with Gasteiger partial charge in [0.05, 0.1) is 35.3 Å². The molecule has 0 aliphatic carbocycles. The Hall–Kier alpha value is -4.20. The van der Waals surface area contributed by atoms with Gasteiger partial charge in [0.25, 0.3) is 15.9 Å². The summed E-state index contributed by atoms with van der Waals surface area (Å²) in [7, 11) is -2.32. The number of carbonyl (C=O) groups excluding carboxylic acids is 2. The van der Waals surface area contributed by atoms with Crippen molar-refractivity contribution in [2.45, 2.75) is 70.1 Å². The quantitative estimate of drug-likeness (QED) is 0.267. The zero-order chi connectivity index (χ0) is 35.7. The second-order valence-electron chi connectivity index (χ2n) is 12.7. The summed E-state index contributed by atoms with van der Waals surface area (Å²) in [5.41, 5.74) is 1.70. The second-order valence-corrected chi connectivity index (χ2v) is 14.4. The number of hydrogen-bond acceptors (Lipinski definition) is 7. The van der Waals surface area contributed by atoms with Gasteiger partial charge in [0.15, 0.2) is 0 Å². The highest BCUT2D eigenvalue weighted by Gasteiger charge is 2.31. The number of nitrogens with one attached hydrogen (secondary N) is 2. The number of anilines is 2. The molecule has 3 aromatic rings. The number of likely N-dealkylation sites (N-methyl/N-ethyl adjacent to an activating group) is 1. The van der Waals surface area contributed by atoms with Gasteiger partial charge in [-0.05, 0) is 94.6 Å². The van der Waals surface area contributed by atoms with Gasteiger partial charge in [-0.15, -0.1) is 0 Å². The van der Waals surface area contributed by atoms with E-state index in [2.05, 4.69) is 10.0 Å². The van der Waals surface area contributed by atoms with Gasteiger partial charge in [-0.3, -0.25) is 9.52 Å². The molecule has 13 heteroatoms. The first kappa shape index (κ1) is 37.6. The van der Waals surface area contributed by atoms with E-state index in [1.165, 1.54) is 52.3 Å². The number of rotatable bonds is 8. The average Bonchev–Trinajstić information content (AvgIpc) is 3.07. The van der Waals surface area contributed by atoms with E-state index in [4.69, 9.17) is 9.47 Å². The SMILES string of the molecule is Cc1ccc(S(=O)(=O)Nc2ccc3c(c2)C(=O)N([C@@H](C)CO)C[C@@H](C)[C@H](CN(C)C(=O)Nc2ccc(F)cc2)OCCCC[C@@H](C)O3)cc1. The van der Waals surface area contributed by atoms with E-state index >= 15 is 0 Å². The molecule has 4 rings (SSSR count). The van der Waals surface area contributed by atoms with E-state index in [1.54, 1.807) is 38.2 Å². The predicted octanol–water partition coefficient (Wildman–Crippen LogP) is 5.89. The average molecular weight is 699 g/mol. The summed E-state index contributed by atoms with van der Waals surface area (Å²) in [5.74, 6) is -0.854. The molecule has 0 saturated carbocycles. The van der Waals surface area contributed by atoms with E-state index in [0.29, 0.717) is 24.5 Å². The van der Waals surface area contributed by atoms with Crippen LogP contribution in [0.2, 0.25) is 0 Å². The number of aryl methyl sites for hydroxylation is 1. The fourth-order valence-corrected chi connectivity index (χ4v) is 6.53. The lowest BCUT2D eigenvalue weighted by molar-refractivity contribution is -0.0115. The normalized spacial score (nSPS) is 19.9. The van der Waals surface area contributed by atoms with Crippen LogP contribution in [-0.2, 0) is 14.8 Å². The third-order valence-electron chi connectivity index (χ3n) is 8.53. The highest BCUT2D eigenvalue weighted by molar-refractivity contribution is 7.92. The minimum Gasteiger partial charge on any atom is -0.490 e. The lowest BCUT2D eigenvalue weighted by Crippen LogP contribution is -2.48. The van der Waals surface area contributed by atoms with Crippen LogP contribution < -0.4 is 14.8 Å². The van der Waals surface area contributed by atoms with E-state index in [1.807, 2.05) is 20.8 Å². The van der Waals surface area contributed by atoms with Gasteiger partial charge in [-0.25, -0.2) is 17.6 Å². The molecular weight excluding hydrogens is 651 g/mol. The largest absolute Gasteiger partial charge is 0.490 e. The summed E-state index contributed by atoms with van der Waals surface area (Å²) in [6, 6.07) is 15.5. The van der Waals surface area contributed by atoms with Gasteiger partial charge >= 0.3 is 6.03 Å². The van der Waals surface area contributed by atoms with Crippen molar-refractivity contribution in [1.29, 1.82) is 0 Å². The molecule has 3 N–H and O–H groups in total. The Bertz CT molecular complexity index is 1670. The number of nitrogens with zero attached hydrogens (tertiary/aromatic N) is 2. The fourth-order valence-electron chi connectivity index (χ4n) is 5.49. The highest BCUT2D eigenvalue weighted by atomic mass is 32.2. The molecule has 11 nitrogen and oxygen atoms in total. The van der Waals surface area contributed by atoms with E-state index < -0.39 is 39.9 Å². The Morgan fingerprint density at radius 3 is 2.41 bits per heavy atom. The predicted molar refractivity (Wildman–Crippen MR) is 187 cm³/mol. The van der Waals surface area contributed by atoms with Crippen molar-refractivity contribution < 1.29 is 37.0 Å². The van der Waals surface area contributed by atoms with Crippen LogP contribution in [0.1, 0.15) is 56.0 Å². The van der Waals surface area contributed by atoms with Crippen LogP contribution in [-0.4, -0.2) is 86.9 Å². The topological polar surface area (TPSA) is 138 Å². The fraction of sp³-hybridized carbons (Fsp3) is 0.444. The zero-order valence-corrected chi connectivity index (χ0v) is 29.5. The van der Waals surface area contributed by atoms with Crippen LogP contribution in [0, 0.1) is 18.7 Å². The molecule has 0 saturated heterocycles. The molecular formula is C36H47FN4O7S. The standard InChI is InChI=1S/C36H47FN4O7S/c1-24-9-16-31(17-10-24)49(45,46)39-30-15-18-33-32(20-30)35(43)41(26(3)23-42)21-25(2)34(47-19-7-6-8-27(4)48-33)22-40(5)36(44)38-29-13-11-28(37)12-14-29/h9-18,20,25-27,34,39,42H,6-8,19,21-23H2,1-5H3,(H,38,44)/t25-,26+,27-,34+/m1/s1. The molecule has 1 aliphatic heterocycles. The number of urea groups is 1. The van der Waals surface area contributed by atoms with Crippen LogP contribution in [0.4, 0.5) is 20.6 Å². The molecule has 49 heavy (non-hydrogen) atoms. The molecule has 0 bridgehead atoms. The molecule has 3 amide bonds. The smallest absolute Gasteiger partial charge is 0.321 e. The number of carbonyl (C=O) groups is 2. The molecule has 3 aromatic carbocycles. The second kappa shape index (κ2) is 17.0. The van der Waals surface area contributed by atoms with Crippen molar-refractivity contribution in [3.8, 4) is 5.75 Å². The van der Waals surface area contributed by atoms with Crippen molar-refractivity contribution in [2.24, 2.45) is 5.92 Å². The number of halogens is 1. The van der Waals surface area contributed by atoms with Gasteiger partial charge < -0.3 is 29.7 Å². The number of aliphatic hydroxyl groups is 1. The first-order valence-electron chi connectivity index (χ1n) is 16.5. The Morgan fingerprint density at radius 1 is 1.06 bits per heavy atom. The van der Waals surface area contributed by atoms with Crippen molar-refractivity contribution in [1.82, 2.24) is 9.80 Å². The lowest BCUT2D eigenvalue weighted by atomic mass is 10.0. The molecule has 0 spiro atoms. The summed E-state index contributed by atoms with van der Waals surface area (Å²) in [5, 5.41) is 13.0. The third kappa shape index (κ3) is 10.4. The summed E-state index contributed by atoms with van der Waals surface area (Å²) < 4.78 is 54.9. The Morgan fingerprint density at radius 2 is 1.73 bits per heavy atom. The first-order chi connectivity index (χ1) is 23.3. The Labute approximate surface area is 288 Å². The van der Waals surface area contributed by atoms with Crippen molar-refractivity contribution in [3.63, 3.8) is 0 Å². The molecule has 0 fully saturated rings. The number of hydrogen-bond donors (Lipinski definition) is 3. The number of fused-ring (bicyclic) bond motifs is 1. The van der Waals surface area contributed by atoms with Crippen LogP contribution >= 0.6 is 0 Å². The van der Waals surface area contributed by atoms with Crippen LogP contribution in [0.15, 0.2) is 71.6 Å². The Kier molecular flexibility index (Phi) is 13.0. The molecule has 1 aliphatic rings. The molecule has 1 heterocycles. The number of benzene rings is 3. The van der Waals surface area contributed by atoms with Gasteiger partial charge in [-0.2, -0.15) is 0 Å². The molecule has 0 radical (unpaired) electrons. The van der Waals surface area contributed by atoms with Gasteiger partial charge in [-0.1, -0.05) is 24.6 Å². The van der Waals surface area contributed by atoms with Crippen LogP contribution in [0.25, 0.3) is 0 Å². The van der Waals surface area contributed by atoms with E-state index in [9.17, 15) is 27.5 Å². The number of aliphatic hydroxyl groups excluding tert-OH is 1. The van der Waals surface area contributed by atoms with Gasteiger partial charge in [0.1, 0.15) is 11.6 Å². The molecule has 0 unspecified atom stereocenters. The Balaban J connectivity index is 1.62. The molecule has 4 atom stereocenters. The van der Waals surface area contributed by atoms with Crippen molar-refractivity contribution in [3.05, 3.63) is 83.7 Å². The maximum atomic E-state index is 14.4. The van der Waals surface area contributed by atoms with Crippen LogP contribution in [0.3, 0.4) is 0 Å². The van der Waals surface area contributed by atoms with Gasteiger partial charge in [0, 0.05) is 44.0 Å². The van der Waals surface area contributed by atoms with E-state index in [-0.39, 0.29) is 47.9 Å². The highest BCUT2D eigenvalue weighted by Crippen LogP contribution is 2.29.